The predicted molar refractivity (Wildman–Crippen MR) is 121 cm³/mol. The first kappa shape index (κ1) is 26.0. The van der Waals surface area contributed by atoms with E-state index in [1.165, 1.54) is 24.0 Å². The van der Waals surface area contributed by atoms with Gasteiger partial charge in [0.25, 0.3) is 0 Å². The number of unbranched alkanes of at least 4 members (excludes halogenated alkanes) is 2. The molecule has 0 aliphatic carbocycles. The quantitative estimate of drug-likeness (QED) is 0.410. The largest absolute Gasteiger partial charge is 0.493 e. The first-order valence-corrected chi connectivity index (χ1v) is 10.5. The van der Waals surface area contributed by atoms with Crippen molar-refractivity contribution in [3.63, 3.8) is 0 Å². The van der Waals surface area contributed by atoms with Gasteiger partial charge in [0.15, 0.2) is 0 Å². The molecule has 0 saturated carbocycles. The molecular formula is C25H40O3. The minimum absolute atomic E-state index is 0.721. The van der Waals surface area contributed by atoms with Crippen LogP contribution in [0.25, 0.3) is 0 Å². The molecule has 2 aromatic rings. The SMILES string of the molecule is CC.CCCCCOc1ccccc1C.COCCCOc1ccccc1C. The molecule has 0 atom stereocenters. The summed E-state index contributed by atoms with van der Waals surface area (Å²) < 4.78 is 16.1. The molecule has 0 aliphatic heterocycles. The van der Waals surface area contributed by atoms with E-state index in [9.17, 15) is 0 Å². The summed E-state index contributed by atoms with van der Waals surface area (Å²) in [5.74, 6) is 2.00. The van der Waals surface area contributed by atoms with Gasteiger partial charge in [-0.1, -0.05) is 70.0 Å². The van der Waals surface area contributed by atoms with E-state index in [1.54, 1.807) is 7.11 Å². The van der Waals surface area contributed by atoms with Crippen LogP contribution in [-0.4, -0.2) is 26.9 Å². The topological polar surface area (TPSA) is 27.7 Å². The van der Waals surface area contributed by atoms with E-state index < -0.39 is 0 Å². The fourth-order valence-corrected chi connectivity index (χ4v) is 2.36. The Morgan fingerprint density at radius 3 is 1.54 bits per heavy atom. The lowest BCUT2D eigenvalue weighted by molar-refractivity contribution is 0.172. The molecule has 0 aliphatic rings. The zero-order chi connectivity index (χ0) is 21.0. The molecule has 0 radical (unpaired) electrons. The van der Waals surface area contributed by atoms with Gasteiger partial charge in [0.05, 0.1) is 13.2 Å². The zero-order valence-corrected chi connectivity index (χ0v) is 18.8. The minimum Gasteiger partial charge on any atom is -0.493 e. The molecule has 0 aromatic heterocycles. The summed E-state index contributed by atoms with van der Waals surface area (Å²) >= 11 is 0. The van der Waals surface area contributed by atoms with Crippen molar-refractivity contribution in [3.05, 3.63) is 59.7 Å². The average Bonchev–Trinajstić information content (AvgIpc) is 2.73. The summed E-state index contributed by atoms with van der Waals surface area (Å²) in [6, 6.07) is 16.2. The summed E-state index contributed by atoms with van der Waals surface area (Å²) in [5.41, 5.74) is 2.40. The van der Waals surface area contributed by atoms with Gasteiger partial charge in [-0.2, -0.15) is 0 Å². The van der Waals surface area contributed by atoms with Crippen LogP contribution in [-0.2, 0) is 4.74 Å². The minimum atomic E-state index is 0.721. The smallest absolute Gasteiger partial charge is 0.122 e. The Bertz CT molecular complexity index is 542. The van der Waals surface area contributed by atoms with Crippen LogP contribution < -0.4 is 9.47 Å². The second kappa shape index (κ2) is 18.4. The van der Waals surface area contributed by atoms with Crippen LogP contribution in [0.1, 0.15) is 57.6 Å². The Morgan fingerprint density at radius 2 is 1.11 bits per heavy atom. The third kappa shape index (κ3) is 12.4. The molecule has 0 heterocycles. The van der Waals surface area contributed by atoms with Crippen LogP contribution in [0.15, 0.2) is 48.5 Å². The van der Waals surface area contributed by atoms with Gasteiger partial charge in [-0.15, -0.1) is 0 Å². The normalized spacial score (nSPS) is 9.50. The van der Waals surface area contributed by atoms with Crippen molar-refractivity contribution in [1.29, 1.82) is 0 Å². The Hall–Kier alpha value is -2.00. The van der Waals surface area contributed by atoms with Crippen molar-refractivity contribution in [1.82, 2.24) is 0 Å². The van der Waals surface area contributed by atoms with E-state index in [0.717, 1.165) is 44.2 Å². The Balaban J connectivity index is 0.000000478. The van der Waals surface area contributed by atoms with E-state index in [1.807, 2.05) is 63.2 Å². The van der Waals surface area contributed by atoms with Crippen molar-refractivity contribution < 1.29 is 14.2 Å². The number of aryl methyl sites for hydroxylation is 2. The lowest BCUT2D eigenvalue weighted by atomic mass is 10.2. The molecule has 0 amide bonds. The van der Waals surface area contributed by atoms with E-state index in [0.29, 0.717) is 0 Å². The average molecular weight is 389 g/mol. The Kier molecular flexibility index (Phi) is 17.1. The molecule has 0 bridgehead atoms. The number of benzene rings is 2. The lowest BCUT2D eigenvalue weighted by Crippen LogP contribution is -2.02. The summed E-state index contributed by atoms with van der Waals surface area (Å²) in [4.78, 5) is 0. The fourth-order valence-electron chi connectivity index (χ4n) is 2.36. The van der Waals surface area contributed by atoms with E-state index >= 15 is 0 Å². The van der Waals surface area contributed by atoms with Crippen molar-refractivity contribution in [2.45, 2.75) is 60.3 Å². The summed E-state index contributed by atoms with van der Waals surface area (Å²) in [5, 5.41) is 0. The molecule has 2 rings (SSSR count). The monoisotopic (exact) mass is 388 g/mol. The zero-order valence-electron chi connectivity index (χ0n) is 18.8. The number of ether oxygens (including phenoxy) is 3. The maximum absolute atomic E-state index is 5.64. The van der Waals surface area contributed by atoms with Gasteiger partial charge in [-0.05, 0) is 43.5 Å². The maximum atomic E-state index is 5.64. The van der Waals surface area contributed by atoms with Crippen LogP contribution in [0.3, 0.4) is 0 Å². The summed E-state index contributed by atoms with van der Waals surface area (Å²) in [6.07, 6.45) is 4.60. The highest BCUT2D eigenvalue weighted by Gasteiger charge is 1.97. The molecule has 0 spiro atoms. The van der Waals surface area contributed by atoms with Crippen LogP contribution in [0, 0.1) is 13.8 Å². The number of rotatable bonds is 10. The molecular weight excluding hydrogens is 348 g/mol. The highest BCUT2D eigenvalue weighted by Crippen LogP contribution is 2.17. The highest BCUT2D eigenvalue weighted by atomic mass is 16.5. The van der Waals surface area contributed by atoms with Crippen molar-refractivity contribution in [2.24, 2.45) is 0 Å². The predicted octanol–water partition coefficient (Wildman–Crippen LogP) is 7.00. The van der Waals surface area contributed by atoms with Gasteiger partial charge in [-0.3, -0.25) is 0 Å². The fraction of sp³-hybridized carbons (Fsp3) is 0.520. The van der Waals surface area contributed by atoms with Crippen molar-refractivity contribution >= 4 is 0 Å². The lowest BCUT2D eigenvalue weighted by Gasteiger charge is -2.07. The number of hydrogen-bond donors (Lipinski definition) is 0. The van der Waals surface area contributed by atoms with Gasteiger partial charge in [0.2, 0.25) is 0 Å². The standard InChI is InChI=1S/C12H18O.C11H16O2.C2H6/c1-3-4-7-10-13-12-9-6-5-8-11(12)2;1-10-6-3-4-7-11(10)13-9-5-8-12-2;1-2/h5-6,8-9H,3-4,7,10H2,1-2H3;3-4,6-7H,5,8-9H2,1-2H3;1-2H3. The molecule has 3 heteroatoms. The van der Waals surface area contributed by atoms with E-state index in [2.05, 4.69) is 19.9 Å². The van der Waals surface area contributed by atoms with E-state index in [4.69, 9.17) is 14.2 Å². The number of methoxy groups -OCH3 is 1. The molecule has 158 valence electrons. The van der Waals surface area contributed by atoms with Crippen molar-refractivity contribution in [3.8, 4) is 11.5 Å². The van der Waals surface area contributed by atoms with Gasteiger partial charge in [-0.25, -0.2) is 0 Å². The first-order chi connectivity index (χ1) is 13.7. The molecule has 3 nitrogen and oxygen atoms in total. The van der Waals surface area contributed by atoms with Crippen molar-refractivity contribution in [2.75, 3.05) is 26.9 Å². The molecule has 2 aromatic carbocycles. The van der Waals surface area contributed by atoms with Gasteiger partial charge >= 0.3 is 0 Å². The van der Waals surface area contributed by atoms with Gasteiger partial charge < -0.3 is 14.2 Å². The van der Waals surface area contributed by atoms with Crippen LogP contribution in [0.4, 0.5) is 0 Å². The molecule has 0 N–H and O–H groups in total. The highest BCUT2D eigenvalue weighted by molar-refractivity contribution is 5.32. The Morgan fingerprint density at radius 1 is 0.643 bits per heavy atom. The second-order valence-electron chi connectivity index (χ2n) is 6.28. The first-order valence-electron chi connectivity index (χ1n) is 10.5. The van der Waals surface area contributed by atoms with Gasteiger partial charge in [0.1, 0.15) is 11.5 Å². The maximum Gasteiger partial charge on any atom is 0.122 e. The summed E-state index contributed by atoms with van der Waals surface area (Å²) in [6.45, 7) is 12.7. The van der Waals surface area contributed by atoms with Crippen LogP contribution >= 0.6 is 0 Å². The second-order valence-corrected chi connectivity index (χ2v) is 6.28. The third-order valence-corrected chi connectivity index (χ3v) is 3.94. The van der Waals surface area contributed by atoms with E-state index in [-0.39, 0.29) is 0 Å². The van der Waals surface area contributed by atoms with Gasteiger partial charge in [0, 0.05) is 20.1 Å². The van der Waals surface area contributed by atoms with Crippen LogP contribution in [0.5, 0.6) is 11.5 Å². The summed E-state index contributed by atoms with van der Waals surface area (Å²) in [7, 11) is 1.70. The molecule has 28 heavy (non-hydrogen) atoms. The Labute approximate surface area is 173 Å². The molecule has 0 saturated heterocycles. The van der Waals surface area contributed by atoms with Crippen LogP contribution in [0.2, 0.25) is 0 Å². The number of hydrogen-bond acceptors (Lipinski definition) is 3. The number of para-hydroxylation sites is 2. The molecule has 0 unspecified atom stereocenters. The molecule has 0 fully saturated rings. The third-order valence-electron chi connectivity index (χ3n) is 3.94.